The largest absolute Gasteiger partial charge is 0.508 e. The van der Waals surface area contributed by atoms with Gasteiger partial charge in [-0.1, -0.05) is 32.6 Å². The molecular weight excluding hydrogens is 224 g/mol. The molecule has 98 valence electrons. The van der Waals surface area contributed by atoms with Crippen molar-refractivity contribution in [2.24, 2.45) is 0 Å². The third-order valence-corrected chi connectivity index (χ3v) is 2.56. The Morgan fingerprint density at radius 1 is 1.35 bits per heavy atom. The van der Waals surface area contributed by atoms with Crippen molar-refractivity contribution in [2.45, 2.75) is 51.6 Å². The molecule has 0 aliphatic carbocycles. The molecule has 0 bridgehead atoms. The Morgan fingerprint density at radius 2 is 2.12 bits per heavy atom. The lowest BCUT2D eigenvalue weighted by atomic mass is 10.1. The molecule has 5 heteroatoms. The smallest absolute Gasteiger partial charge is 0.462 e. The third kappa shape index (κ3) is 6.14. The van der Waals surface area contributed by atoms with Crippen LogP contribution in [0.3, 0.4) is 0 Å². The van der Waals surface area contributed by atoms with E-state index in [1.54, 1.807) is 0 Å². The number of cyclic esters (lactones) is 2. The van der Waals surface area contributed by atoms with E-state index in [9.17, 15) is 9.59 Å². The molecule has 1 fully saturated rings. The minimum atomic E-state index is -0.689. The molecule has 0 aromatic carbocycles. The van der Waals surface area contributed by atoms with Crippen LogP contribution < -0.4 is 0 Å². The lowest BCUT2D eigenvalue weighted by Gasteiger charge is -2.07. The van der Waals surface area contributed by atoms with Crippen molar-refractivity contribution in [2.75, 3.05) is 13.2 Å². The maximum absolute atomic E-state index is 11.3. The van der Waals surface area contributed by atoms with E-state index in [4.69, 9.17) is 9.47 Å². The van der Waals surface area contributed by atoms with E-state index in [1.165, 1.54) is 12.8 Å². The maximum Gasteiger partial charge on any atom is 0.508 e. The molecule has 1 atom stereocenters. The highest BCUT2D eigenvalue weighted by Gasteiger charge is 2.25. The first-order valence-electron chi connectivity index (χ1n) is 6.21. The van der Waals surface area contributed by atoms with E-state index in [2.05, 4.69) is 11.7 Å². The molecule has 0 radical (unpaired) electrons. The molecule has 1 aliphatic heterocycles. The molecule has 0 N–H and O–H groups in total. The Kier molecular flexibility index (Phi) is 6.43. The first-order chi connectivity index (χ1) is 8.22. The molecule has 1 unspecified atom stereocenters. The molecular formula is C12H20O5. The van der Waals surface area contributed by atoms with Crippen molar-refractivity contribution in [3.05, 3.63) is 0 Å². The van der Waals surface area contributed by atoms with Crippen molar-refractivity contribution in [3.8, 4) is 0 Å². The molecule has 0 spiro atoms. The highest BCUT2D eigenvalue weighted by molar-refractivity contribution is 5.69. The second-order valence-electron chi connectivity index (χ2n) is 4.15. The average Bonchev–Trinajstić information content (AvgIpc) is 2.72. The lowest BCUT2D eigenvalue weighted by Crippen LogP contribution is -2.20. The number of carbonyl (C=O) groups is 2. The summed E-state index contributed by atoms with van der Waals surface area (Å²) >= 11 is 0. The zero-order chi connectivity index (χ0) is 12.5. The van der Waals surface area contributed by atoms with Gasteiger partial charge in [-0.3, -0.25) is 4.79 Å². The Hall–Kier alpha value is -1.26. The first kappa shape index (κ1) is 13.8. The van der Waals surface area contributed by atoms with Crippen LogP contribution in [0, 0.1) is 0 Å². The van der Waals surface area contributed by atoms with Gasteiger partial charge in [0, 0.05) is 6.42 Å². The van der Waals surface area contributed by atoms with Gasteiger partial charge in [-0.15, -0.1) is 0 Å². The summed E-state index contributed by atoms with van der Waals surface area (Å²) in [6, 6.07) is 0. The molecule has 1 saturated heterocycles. The van der Waals surface area contributed by atoms with Gasteiger partial charge >= 0.3 is 12.1 Å². The van der Waals surface area contributed by atoms with Crippen LogP contribution >= 0.6 is 0 Å². The predicted octanol–water partition coefficient (Wildman–Crippen LogP) is 2.43. The summed E-state index contributed by atoms with van der Waals surface area (Å²) in [5, 5.41) is 0. The number of ether oxygens (including phenoxy) is 3. The zero-order valence-electron chi connectivity index (χ0n) is 10.3. The van der Waals surface area contributed by atoms with Crippen LogP contribution in [0.25, 0.3) is 0 Å². The van der Waals surface area contributed by atoms with E-state index in [1.807, 2.05) is 0 Å². The standard InChI is InChI=1S/C12H20O5/c1-2-3-4-5-6-7-11(13)15-8-10-9-16-12(14)17-10/h10H,2-9H2,1H3. The van der Waals surface area contributed by atoms with E-state index < -0.39 is 12.3 Å². The van der Waals surface area contributed by atoms with Crippen molar-refractivity contribution < 1.29 is 23.8 Å². The summed E-state index contributed by atoms with van der Waals surface area (Å²) in [6.45, 7) is 2.42. The molecule has 1 rings (SSSR count). The van der Waals surface area contributed by atoms with Gasteiger partial charge in [0.25, 0.3) is 0 Å². The van der Waals surface area contributed by atoms with Gasteiger partial charge in [0.2, 0.25) is 0 Å². The fraction of sp³-hybridized carbons (Fsp3) is 0.833. The Bertz CT molecular complexity index is 251. The van der Waals surface area contributed by atoms with Crippen molar-refractivity contribution in [1.29, 1.82) is 0 Å². The van der Waals surface area contributed by atoms with Gasteiger partial charge in [0.1, 0.15) is 13.2 Å². The number of hydrogen-bond donors (Lipinski definition) is 0. The highest BCUT2D eigenvalue weighted by Crippen LogP contribution is 2.08. The normalized spacial score (nSPS) is 18.6. The number of unbranched alkanes of at least 4 members (excludes halogenated alkanes) is 4. The SMILES string of the molecule is CCCCCCCC(=O)OCC1COC(=O)O1. The summed E-state index contributed by atoms with van der Waals surface area (Å²) in [4.78, 5) is 21.9. The van der Waals surface area contributed by atoms with E-state index in [0.717, 1.165) is 19.3 Å². The molecule has 5 nitrogen and oxygen atoms in total. The summed E-state index contributed by atoms with van der Waals surface area (Å²) in [5.74, 6) is -0.232. The topological polar surface area (TPSA) is 61.8 Å². The van der Waals surface area contributed by atoms with Crippen molar-refractivity contribution >= 4 is 12.1 Å². The predicted molar refractivity (Wildman–Crippen MR) is 60.6 cm³/mol. The Morgan fingerprint density at radius 3 is 2.76 bits per heavy atom. The molecule has 0 aromatic heterocycles. The van der Waals surface area contributed by atoms with Crippen LogP contribution in [0.1, 0.15) is 45.4 Å². The van der Waals surface area contributed by atoms with Gasteiger partial charge in [-0.25, -0.2) is 4.79 Å². The van der Waals surface area contributed by atoms with E-state index in [-0.39, 0.29) is 19.2 Å². The van der Waals surface area contributed by atoms with Crippen LogP contribution in [0.2, 0.25) is 0 Å². The summed E-state index contributed by atoms with van der Waals surface area (Å²) in [7, 11) is 0. The lowest BCUT2D eigenvalue weighted by molar-refractivity contribution is -0.146. The number of esters is 1. The molecule has 1 heterocycles. The van der Waals surface area contributed by atoms with Gasteiger partial charge < -0.3 is 14.2 Å². The zero-order valence-corrected chi connectivity index (χ0v) is 10.3. The molecule has 1 aliphatic rings. The first-order valence-corrected chi connectivity index (χ1v) is 6.21. The van der Waals surface area contributed by atoms with E-state index >= 15 is 0 Å². The second kappa shape index (κ2) is 7.92. The average molecular weight is 244 g/mol. The van der Waals surface area contributed by atoms with Gasteiger partial charge in [-0.2, -0.15) is 0 Å². The minimum Gasteiger partial charge on any atom is -0.462 e. The molecule has 0 amide bonds. The van der Waals surface area contributed by atoms with Gasteiger partial charge in [0.15, 0.2) is 6.10 Å². The monoisotopic (exact) mass is 244 g/mol. The van der Waals surface area contributed by atoms with Crippen LogP contribution in [-0.2, 0) is 19.0 Å². The highest BCUT2D eigenvalue weighted by atomic mass is 16.8. The summed E-state index contributed by atoms with van der Waals surface area (Å²) in [5.41, 5.74) is 0. The van der Waals surface area contributed by atoms with Gasteiger partial charge in [-0.05, 0) is 6.42 Å². The minimum absolute atomic E-state index is 0.0968. The second-order valence-corrected chi connectivity index (χ2v) is 4.15. The van der Waals surface area contributed by atoms with Crippen LogP contribution in [0.15, 0.2) is 0 Å². The fourth-order valence-electron chi connectivity index (χ4n) is 1.58. The number of carbonyl (C=O) groups excluding carboxylic acids is 2. The number of rotatable bonds is 8. The quantitative estimate of drug-likeness (QED) is 0.484. The van der Waals surface area contributed by atoms with Crippen molar-refractivity contribution in [1.82, 2.24) is 0 Å². The van der Waals surface area contributed by atoms with E-state index in [0.29, 0.717) is 6.42 Å². The maximum atomic E-state index is 11.3. The van der Waals surface area contributed by atoms with Gasteiger partial charge in [0.05, 0.1) is 0 Å². The molecule has 0 aromatic rings. The van der Waals surface area contributed by atoms with Crippen LogP contribution in [0.4, 0.5) is 4.79 Å². The van der Waals surface area contributed by atoms with Crippen LogP contribution in [-0.4, -0.2) is 31.4 Å². The van der Waals surface area contributed by atoms with Crippen LogP contribution in [0.5, 0.6) is 0 Å². The summed E-state index contributed by atoms with van der Waals surface area (Å²) < 4.78 is 14.3. The Balaban J connectivity index is 1.96. The summed E-state index contributed by atoms with van der Waals surface area (Å²) in [6.07, 6.45) is 4.80. The van der Waals surface area contributed by atoms with Crippen molar-refractivity contribution in [3.63, 3.8) is 0 Å². The molecule has 17 heavy (non-hydrogen) atoms. The number of hydrogen-bond acceptors (Lipinski definition) is 5. The Labute approximate surface area is 101 Å². The molecule has 0 saturated carbocycles. The third-order valence-electron chi connectivity index (χ3n) is 2.56. The fourth-order valence-corrected chi connectivity index (χ4v) is 1.58.